The lowest BCUT2D eigenvalue weighted by molar-refractivity contribution is -0.386. The molecular weight excluding hydrogens is 579 g/mol. The summed E-state index contributed by atoms with van der Waals surface area (Å²) in [4.78, 5) is 29.6. The van der Waals surface area contributed by atoms with E-state index in [-0.39, 0.29) is 40.9 Å². The molecule has 2 aromatic heterocycles. The number of ether oxygens (including phenoxy) is 2. The van der Waals surface area contributed by atoms with Gasteiger partial charge in [-0.15, -0.1) is 0 Å². The van der Waals surface area contributed by atoms with Crippen LogP contribution >= 0.6 is 11.6 Å². The molecule has 0 bridgehead atoms. The maximum atomic E-state index is 13.6. The third-order valence-electron chi connectivity index (χ3n) is 6.55. The predicted molar refractivity (Wildman–Crippen MR) is 160 cm³/mol. The van der Waals surface area contributed by atoms with E-state index in [0.29, 0.717) is 32.5 Å². The van der Waals surface area contributed by atoms with Gasteiger partial charge in [0.25, 0.3) is 5.56 Å². The Morgan fingerprint density at radius 1 is 1.09 bits per heavy atom. The van der Waals surface area contributed by atoms with Crippen molar-refractivity contribution in [3.63, 3.8) is 0 Å². The first-order valence-corrected chi connectivity index (χ1v) is 13.2. The van der Waals surface area contributed by atoms with Crippen LogP contribution < -0.4 is 15.0 Å². The molecule has 12 heteroatoms. The molecule has 4 aromatic carbocycles. The molecule has 0 saturated heterocycles. The molecule has 0 atom stereocenters. The minimum atomic E-state index is -0.616. The molecule has 0 unspecified atom stereocenters. The Kier molecular flexibility index (Phi) is 7.31. The Morgan fingerprint density at radius 2 is 1.88 bits per heavy atom. The molecule has 0 aliphatic heterocycles. The summed E-state index contributed by atoms with van der Waals surface area (Å²) in [5, 5.41) is 17.9. The van der Waals surface area contributed by atoms with E-state index in [2.05, 4.69) is 10.1 Å². The van der Waals surface area contributed by atoms with Crippen LogP contribution in [0.1, 0.15) is 11.1 Å². The normalized spacial score (nSPS) is 11.4. The molecule has 0 aliphatic rings. The van der Waals surface area contributed by atoms with Gasteiger partial charge in [0.05, 0.1) is 29.2 Å². The summed E-state index contributed by atoms with van der Waals surface area (Å²) in [6.45, 7) is -0.0604. The highest BCUT2D eigenvalue weighted by atomic mass is 35.5. The second kappa shape index (κ2) is 11.4. The topological polar surface area (TPSA) is 122 Å². The quantitative estimate of drug-likeness (QED) is 0.105. The van der Waals surface area contributed by atoms with E-state index < -0.39 is 16.3 Å². The van der Waals surface area contributed by atoms with Crippen LogP contribution in [0.4, 0.5) is 10.1 Å². The zero-order valence-electron chi connectivity index (χ0n) is 22.4. The van der Waals surface area contributed by atoms with Crippen molar-refractivity contribution in [3.05, 3.63) is 127 Å². The van der Waals surface area contributed by atoms with Gasteiger partial charge >= 0.3 is 5.69 Å². The van der Waals surface area contributed by atoms with E-state index in [4.69, 9.17) is 25.5 Å². The van der Waals surface area contributed by atoms with Gasteiger partial charge in [-0.25, -0.2) is 9.37 Å². The minimum absolute atomic E-state index is 0.0604. The largest absolute Gasteiger partial charge is 0.493 e. The van der Waals surface area contributed by atoms with Gasteiger partial charge in [0, 0.05) is 22.0 Å². The van der Waals surface area contributed by atoms with Crippen LogP contribution in [0.5, 0.6) is 11.5 Å². The van der Waals surface area contributed by atoms with Crippen molar-refractivity contribution in [1.82, 2.24) is 9.66 Å². The number of nitro groups is 1. The van der Waals surface area contributed by atoms with Gasteiger partial charge in [0.15, 0.2) is 11.5 Å². The second-order valence-electron chi connectivity index (χ2n) is 9.35. The number of hydrogen-bond acceptors (Lipinski definition) is 8. The third-order valence-corrected chi connectivity index (χ3v) is 6.78. The fourth-order valence-electron chi connectivity index (χ4n) is 4.49. The fourth-order valence-corrected chi connectivity index (χ4v) is 4.67. The summed E-state index contributed by atoms with van der Waals surface area (Å²) in [6, 6.07) is 21.9. The highest BCUT2D eigenvalue weighted by molar-refractivity contribution is 6.31. The zero-order chi connectivity index (χ0) is 30.1. The zero-order valence-corrected chi connectivity index (χ0v) is 23.1. The number of halogens is 2. The number of hydrogen-bond donors (Lipinski definition) is 0. The molecule has 2 heterocycles. The highest BCUT2D eigenvalue weighted by Gasteiger charge is 2.23. The first-order valence-electron chi connectivity index (χ1n) is 12.8. The number of rotatable bonds is 8. The lowest BCUT2D eigenvalue weighted by atomic mass is 10.1. The Balaban J connectivity index is 1.43. The number of methoxy groups -OCH3 is 1. The number of para-hydroxylation sites is 1. The molecule has 6 aromatic rings. The van der Waals surface area contributed by atoms with Crippen LogP contribution in [0.15, 0.2) is 99.2 Å². The lowest BCUT2D eigenvalue weighted by Crippen LogP contribution is -2.20. The van der Waals surface area contributed by atoms with E-state index in [0.717, 1.165) is 4.68 Å². The molecule has 43 heavy (non-hydrogen) atoms. The van der Waals surface area contributed by atoms with Crippen molar-refractivity contribution in [2.24, 2.45) is 5.10 Å². The number of benzene rings is 4. The molecule has 6 rings (SSSR count). The summed E-state index contributed by atoms with van der Waals surface area (Å²) in [5.41, 5.74) is 0.964. The van der Waals surface area contributed by atoms with Crippen LogP contribution in [-0.4, -0.2) is 27.9 Å². The minimum Gasteiger partial charge on any atom is -0.493 e. The van der Waals surface area contributed by atoms with Gasteiger partial charge in [-0.05, 0) is 60.2 Å². The number of nitro benzene ring substituents is 1. The molecule has 0 radical (unpaired) electrons. The Hall–Kier alpha value is -5.55. The Bertz CT molecular complexity index is 2110. The van der Waals surface area contributed by atoms with Crippen LogP contribution in [0.3, 0.4) is 0 Å². The average Bonchev–Trinajstić information content (AvgIpc) is 3.43. The number of aromatic nitrogens is 2. The summed E-state index contributed by atoms with van der Waals surface area (Å²) in [7, 11) is 1.34. The van der Waals surface area contributed by atoms with Crippen molar-refractivity contribution in [2.45, 2.75) is 6.61 Å². The predicted octanol–water partition coefficient (Wildman–Crippen LogP) is 6.98. The van der Waals surface area contributed by atoms with Crippen LogP contribution in [0.25, 0.3) is 33.5 Å². The highest BCUT2D eigenvalue weighted by Crippen LogP contribution is 2.38. The molecular formula is C31H20ClFN4O6. The van der Waals surface area contributed by atoms with E-state index in [9.17, 15) is 19.3 Å². The Morgan fingerprint density at radius 3 is 2.65 bits per heavy atom. The van der Waals surface area contributed by atoms with E-state index in [1.54, 1.807) is 48.5 Å². The summed E-state index contributed by atoms with van der Waals surface area (Å²) < 4.78 is 31.4. The standard InChI is InChI=1S/C31H20ClFN4O6/c1-41-27-13-19(12-25(37(39)40)29(27)42-17-18-6-9-22(33)10-7-18)16-34-36-30(35-24-5-3-2-4-23(24)31(36)38)28-15-20-14-21(32)8-11-26(20)43-28/h2-16H,17H2,1H3. The van der Waals surface area contributed by atoms with Gasteiger partial charge in [-0.2, -0.15) is 9.78 Å². The summed E-state index contributed by atoms with van der Waals surface area (Å²) in [5.74, 6) is -0.0702. The van der Waals surface area contributed by atoms with Gasteiger partial charge in [0.2, 0.25) is 11.6 Å². The van der Waals surface area contributed by atoms with Gasteiger partial charge in [-0.1, -0.05) is 35.9 Å². The maximum absolute atomic E-state index is 13.6. The fraction of sp³-hybridized carbons (Fsp3) is 0.0645. The van der Waals surface area contributed by atoms with Crippen molar-refractivity contribution >= 4 is 45.4 Å². The van der Waals surface area contributed by atoms with Crippen molar-refractivity contribution in [2.75, 3.05) is 7.11 Å². The molecule has 0 spiro atoms. The first-order chi connectivity index (χ1) is 20.8. The Labute approximate surface area is 247 Å². The average molecular weight is 599 g/mol. The maximum Gasteiger partial charge on any atom is 0.315 e. The van der Waals surface area contributed by atoms with E-state index in [1.807, 2.05) is 0 Å². The number of furan rings is 1. The summed E-state index contributed by atoms with van der Waals surface area (Å²) >= 11 is 6.14. The number of nitrogens with zero attached hydrogens (tertiary/aromatic N) is 4. The van der Waals surface area contributed by atoms with Crippen LogP contribution in [0, 0.1) is 15.9 Å². The second-order valence-corrected chi connectivity index (χ2v) is 9.79. The van der Waals surface area contributed by atoms with Crippen molar-refractivity contribution in [1.29, 1.82) is 0 Å². The van der Waals surface area contributed by atoms with Gasteiger partial charge in [0.1, 0.15) is 18.0 Å². The van der Waals surface area contributed by atoms with Crippen molar-refractivity contribution < 1.29 is 23.2 Å². The SMILES string of the molecule is COc1cc(C=Nn2c(-c3cc4cc(Cl)ccc4o3)nc3ccccc3c2=O)cc([N+](=O)[O-])c1OCc1ccc(F)cc1. The van der Waals surface area contributed by atoms with Gasteiger partial charge < -0.3 is 13.9 Å². The van der Waals surface area contributed by atoms with Crippen molar-refractivity contribution in [3.8, 4) is 23.1 Å². The smallest absolute Gasteiger partial charge is 0.315 e. The third kappa shape index (κ3) is 5.53. The van der Waals surface area contributed by atoms with Gasteiger partial charge in [-0.3, -0.25) is 14.9 Å². The summed E-state index contributed by atoms with van der Waals surface area (Å²) in [6.07, 6.45) is 1.28. The van der Waals surface area contributed by atoms with Crippen LogP contribution in [0.2, 0.25) is 5.02 Å². The monoisotopic (exact) mass is 598 g/mol. The molecule has 0 saturated carbocycles. The van der Waals surface area contributed by atoms with E-state index >= 15 is 0 Å². The number of fused-ring (bicyclic) bond motifs is 2. The molecule has 0 N–H and O–H groups in total. The molecule has 0 aliphatic carbocycles. The molecule has 0 amide bonds. The molecule has 0 fully saturated rings. The lowest BCUT2D eigenvalue weighted by Gasteiger charge is -2.12. The first kappa shape index (κ1) is 27.6. The van der Waals surface area contributed by atoms with E-state index in [1.165, 1.54) is 49.7 Å². The molecule has 10 nitrogen and oxygen atoms in total. The van der Waals surface area contributed by atoms with Crippen LogP contribution in [-0.2, 0) is 6.61 Å². The molecule has 214 valence electrons.